The summed E-state index contributed by atoms with van der Waals surface area (Å²) in [5.74, 6) is 0. The number of anilines is 1. The number of rotatable bonds is 4. The molecule has 0 bridgehead atoms. The highest BCUT2D eigenvalue weighted by Gasteiger charge is 2.11. The van der Waals surface area contributed by atoms with Crippen LogP contribution >= 0.6 is 27.5 Å². The first-order valence-corrected chi connectivity index (χ1v) is 7.69. The molecule has 0 unspecified atom stereocenters. The van der Waals surface area contributed by atoms with Gasteiger partial charge in [-0.15, -0.1) is 0 Å². The summed E-state index contributed by atoms with van der Waals surface area (Å²) in [4.78, 5) is 2.11. The second kappa shape index (κ2) is 6.78. The molecule has 0 N–H and O–H groups in total. The summed E-state index contributed by atoms with van der Waals surface area (Å²) in [7, 11) is 2.01. The van der Waals surface area contributed by atoms with Crippen LogP contribution in [0, 0.1) is 11.3 Å². The van der Waals surface area contributed by atoms with Gasteiger partial charge in [0, 0.05) is 18.9 Å². The highest BCUT2D eigenvalue weighted by molar-refractivity contribution is 9.08. The van der Waals surface area contributed by atoms with E-state index < -0.39 is 0 Å². The van der Waals surface area contributed by atoms with Crippen molar-refractivity contribution >= 4 is 33.2 Å². The van der Waals surface area contributed by atoms with E-state index in [1.54, 1.807) is 0 Å². The molecular weight excluding hydrogens is 336 g/mol. The molecule has 0 aromatic heterocycles. The van der Waals surface area contributed by atoms with Crippen LogP contribution in [0.4, 0.5) is 5.69 Å². The van der Waals surface area contributed by atoms with Crippen LogP contribution in [0.25, 0.3) is 0 Å². The van der Waals surface area contributed by atoms with E-state index in [0.29, 0.717) is 12.1 Å². The van der Waals surface area contributed by atoms with Crippen LogP contribution in [0.1, 0.15) is 16.7 Å². The second-order valence-electron chi connectivity index (χ2n) is 4.55. The van der Waals surface area contributed by atoms with E-state index in [1.807, 2.05) is 43.4 Å². The first-order valence-electron chi connectivity index (χ1n) is 6.19. The largest absolute Gasteiger partial charge is 0.369 e. The van der Waals surface area contributed by atoms with Crippen molar-refractivity contribution in [3.05, 3.63) is 64.2 Å². The lowest BCUT2D eigenvalue weighted by Crippen LogP contribution is -2.18. The lowest BCUT2D eigenvalue weighted by Gasteiger charge is -2.23. The van der Waals surface area contributed by atoms with Gasteiger partial charge < -0.3 is 4.90 Å². The standard InChI is InChI=1S/C16H14BrClN2/c1-20(11-13-5-2-4-12(8-13)10-19)16-14(9-17)6-3-7-15(16)18/h2-8H,9,11H2,1H3. The van der Waals surface area contributed by atoms with Gasteiger partial charge in [0.25, 0.3) is 0 Å². The third-order valence-electron chi connectivity index (χ3n) is 3.07. The van der Waals surface area contributed by atoms with Gasteiger partial charge in [-0.1, -0.05) is 51.8 Å². The highest BCUT2D eigenvalue weighted by Crippen LogP contribution is 2.31. The molecule has 0 saturated heterocycles. The van der Waals surface area contributed by atoms with Gasteiger partial charge in [-0.25, -0.2) is 0 Å². The van der Waals surface area contributed by atoms with Gasteiger partial charge in [-0.05, 0) is 29.3 Å². The van der Waals surface area contributed by atoms with E-state index in [1.165, 1.54) is 0 Å². The summed E-state index contributed by atoms with van der Waals surface area (Å²) in [5.41, 5.74) is 3.94. The monoisotopic (exact) mass is 348 g/mol. The zero-order valence-electron chi connectivity index (χ0n) is 11.1. The summed E-state index contributed by atoms with van der Waals surface area (Å²) in [6.45, 7) is 0.708. The predicted octanol–water partition coefficient (Wildman–Crippen LogP) is 4.74. The van der Waals surface area contributed by atoms with Crippen molar-refractivity contribution in [2.45, 2.75) is 11.9 Å². The zero-order valence-corrected chi connectivity index (χ0v) is 13.4. The number of nitriles is 1. The van der Waals surface area contributed by atoms with Crippen molar-refractivity contribution in [2.24, 2.45) is 0 Å². The highest BCUT2D eigenvalue weighted by atomic mass is 79.9. The molecule has 0 radical (unpaired) electrons. The Morgan fingerprint density at radius 2 is 2.00 bits per heavy atom. The lowest BCUT2D eigenvalue weighted by molar-refractivity contribution is 0.916. The molecule has 2 aromatic carbocycles. The maximum Gasteiger partial charge on any atom is 0.0991 e. The average molecular weight is 350 g/mol. The second-order valence-corrected chi connectivity index (χ2v) is 5.52. The van der Waals surface area contributed by atoms with E-state index in [4.69, 9.17) is 16.9 Å². The summed E-state index contributed by atoms with van der Waals surface area (Å²) in [6, 6.07) is 15.7. The fraction of sp³-hybridized carbons (Fsp3) is 0.188. The van der Waals surface area contributed by atoms with E-state index in [2.05, 4.69) is 33.0 Å². The number of hydrogen-bond donors (Lipinski definition) is 0. The minimum atomic E-state index is 0.677. The van der Waals surface area contributed by atoms with Crippen molar-refractivity contribution in [3.63, 3.8) is 0 Å². The summed E-state index contributed by atoms with van der Waals surface area (Å²) >= 11 is 9.80. The van der Waals surface area contributed by atoms with Crippen molar-refractivity contribution in [1.29, 1.82) is 5.26 Å². The Morgan fingerprint density at radius 1 is 1.25 bits per heavy atom. The van der Waals surface area contributed by atoms with E-state index in [-0.39, 0.29) is 0 Å². The van der Waals surface area contributed by atoms with E-state index in [0.717, 1.165) is 27.2 Å². The molecule has 0 aliphatic heterocycles. The first-order chi connectivity index (χ1) is 9.65. The van der Waals surface area contributed by atoms with Gasteiger partial charge in [0.1, 0.15) is 0 Å². The number of alkyl halides is 1. The SMILES string of the molecule is CN(Cc1cccc(C#N)c1)c1c(Cl)cccc1CBr. The Bertz CT molecular complexity index is 649. The fourth-order valence-corrected chi connectivity index (χ4v) is 2.98. The van der Waals surface area contributed by atoms with Crippen LogP contribution < -0.4 is 4.90 Å². The topological polar surface area (TPSA) is 27.0 Å². The molecule has 0 atom stereocenters. The van der Waals surface area contributed by atoms with Gasteiger partial charge in [-0.2, -0.15) is 5.26 Å². The Labute approximate surface area is 132 Å². The van der Waals surface area contributed by atoms with Crippen LogP contribution in [0.2, 0.25) is 5.02 Å². The average Bonchev–Trinajstić information content (AvgIpc) is 2.46. The number of nitrogens with zero attached hydrogens (tertiary/aromatic N) is 2. The Morgan fingerprint density at radius 3 is 2.70 bits per heavy atom. The van der Waals surface area contributed by atoms with Gasteiger partial charge in [0.2, 0.25) is 0 Å². The summed E-state index contributed by atoms with van der Waals surface area (Å²) in [6.07, 6.45) is 0. The predicted molar refractivity (Wildman–Crippen MR) is 87.3 cm³/mol. The maximum atomic E-state index is 8.95. The minimum Gasteiger partial charge on any atom is -0.369 e. The molecule has 0 fully saturated rings. The van der Waals surface area contributed by atoms with Crippen molar-refractivity contribution in [3.8, 4) is 6.07 Å². The number of benzene rings is 2. The van der Waals surface area contributed by atoms with Gasteiger partial charge >= 0.3 is 0 Å². The molecule has 20 heavy (non-hydrogen) atoms. The van der Waals surface area contributed by atoms with Crippen molar-refractivity contribution in [1.82, 2.24) is 0 Å². The molecule has 0 amide bonds. The molecule has 0 saturated carbocycles. The Hall–Kier alpha value is -1.50. The van der Waals surface area contributed by atoms with Gasteiger partial charge in [-0.3, -0.25) is 0 Å². The Kier molecular flexibility index (Phi) is 5.05. The number of hydrogen-bond acceptors (Lipinski definition) is 2. The number of halogens is 2. The minimum absolute atomic E-state index is 0.677. The smallest absolute Gasteiger partial charge is 0.0991 e. The molecule has 102 valence electrons. The van der Waals surface area contributed by atoms with Crippen LogP contribution in [0.3, 0.4) is 0 Å². The van der Waals surface area contributed by atoms with E-state index in [9.17, 15) is 0 Å². The normalized spacial score (nSPS) is 10.1. The van der Waals surface area contributed by atoms with E-state index >= 15 is 0 Å². The quantitative estimate of drug-likeness (QED) is 0.745. The van der Waals surface area contributed by atoms with Gasteiger partial charge in [0.15, 0.2) is 0 Å². The first kappa shape index (κ1) is 14.9. The summed E-state index contributed by atoms with van der Waals surface area (Å²) in [5, 5.41) is 10.4. The molecule has 2 nitrogen and oxygen atoms in total. The zero-order chi connectivity index (χ0) is 14.5. The summed E-state index contributed by atoms with van der Waals surface area (Å²) < 4.78 is 0. The third kappa shape index (κ3) is 3.33. The molecular formula is C16H14BrClN2. The molecule has 4 heteroatoms. The Balaban J connectivity index is 2.28. The maximum absolute atomic E-state index is 8.95. The molecule has 2 rings (SSSR count). The molecule has 0 spiro atoms. The van der Waals surface area contributed by atoms with Crippen molar-refractivity contribution < 1.29 is 0 Å². The number of para-hydroxylation sites is 1. The third-order valence-corrected chi connectivity index (χ3v) is 3.98. The lowest BCUT2D eigenvalue weighted by atomic mass is 10.1. The van der Waals surface area contributed by atoms with Gasteiger partial charge in [0.05, 0.1) is 22.3 Å². The molecule has 0 aliphatic rings. The van der Waals surface area contributed by atoms with Crippen LogP contribution in [0.15, 0.2) is 42.5 Å². The molecule has 0 heterocycles. The fourth-order valence-electron chi connectivity index (χ4n) is 2.19. The van der Waals surface area contributed by atoms with Crippen LogP contribution in [-0.4, -0.2) is 7.05 Å². The van der Waals surface area contributed by atoms with Crippen molar-refractivity contribution in [2.75, 3.05) is 11.9 Å². The van der Waals surface area contributed by atoms with Crippen LogP contribution in [0.5, 0.6) is 0 Å². The molecule has 2 aromatic rings. The van der Waals surface area contributed by atoms with Crippen LogP contribution in [-0.2, 0) is 11.9 Å². The molecule has 0 aliphatic carbocycles.